The summed E-state index contributed by atoms with van der Waals surface area (Å²) >= 11 is 0. The number of anilines is 1. The molecule has 7 heteroatoms. The van der Waals surface area contributed by atoms with Crippen LogP contribution in [0.4, 0.5) is 10.1 Å². The molecule has 3 heterocycles. The van der Waals surface area contributed by atoms with Crippen LogP contribution < -0.4 is 10.2 Å². The SMILES string of the molecule is CCn1c(C(=O)NCC2CCN(Cc3ccc(C)cc3)CC2)c(N2CCCC2=O)c2cc(F)ccc21. The Balaban J connectivity index is 1.29. The summed E-state index contributed by atoms with van der Waals surface area (Å²) in [5.41, 5.74) is 4.41. The van der Waals surface area contributed by atoms with Crippen LogP contribution >= 0.6 is 0 Å². The zero-order valence-corrected chi connectivity index (χ0v) is 21.2. The van der Waals surface area contributed by atoms with Crippen LogP contribution in [-0.2, 0) is 17.9 Å². The number of likely N-dealkylation sites (tertiary alicyclic amines) is 1. The highest BCUT2D eigenvalue weighted by Crippen LogP contribution is 2.37. The molecule has 190 valence electrons. The fourth-order valence-corrected chi connectivity index (χ4v) is 5.65. The Morgan fingerprint density at radius 1 is 1.08 bits per heavy atom. The van der Waals surface area contributed by atoms with Gasteiger partial charge in [-0.25, -0.2) is 4.39 Å². The van der Waals surface area contributed by atoms with Crippen molar-refractivity contribution in [2.24, 2.45) is 5.92 Å². The fourth-order valence-electron chi connectivity index (χ4n) is 5.65. The molecule has 0 bridgehead atoms. The standard InChI is InChI=1S/C29H35FN4O2/c1-3-33-25-11-10-23(30)17-24(25)27(34-14-4-5-26(34)35)28(33)29(36)31-18-21-12-15-32(16-13-21)19-22-8-6-20(2)7-9-22/h6-11,17,21H,3-5,12-16,18-19H2,1-2H3,(H,31,36). The molecule has 2 fully saturated rings. The van der Waals surface area contributed by atoms with Crippen LogP contribution in [-0.4, -0.2) is 47.5 Å². The second kappa shape index (κ2) is 10.4. The number of aryl methyl sites for hydroxylation is 2. The first-order chi connectivity index (χ1) is 17.4. The van der Waals surface area contributed by atoms with Gasteiger partial charge in [-0.05, 0) is 75.9 Å². The van der Waals surface area contributed by atoms with Crippen molar-refractivity contribution in [2.45, 2.75) is 52.6 Å². The molecule has 1 aromatic heterocycles. The van der Waals surface area contributed by atoms with Crippen LogP contribution in [0.25, 0.3) is 10.9 Å². The molecule has 36 heavy (non-hydrogen) atoms. The van der Waals surface area contributed by atoms with Crippen molar-refractivity contribution in [3.63, 3.8) is 0 Å². The van der Waals surface area contributed by atoms with Crippen molar-refractivity contribution in [3.05, 3.63) is 65.1 Å². The molecule has 0 radical (unpaired) electrons. The van der Waals surface area contributed by atoms with Gasteiger partial charge < -0.3 is 14.8 Å². The highest BCUT2D eigenvalue weighted by atomic mass is 19.1. The molecular formula is C29H35FN4O2. The van der Waals surface area contributed by atoms with E-state index in [0.29, 0.717) is 48.7 Å². The van der Waals surface area contributed by atoms with Crippen LogP contribution in [0.15, 0.2) is 42.5 Å². The third-order valence-corrected chi connectivity index (χ3v) is 7.66. The summed E-state index contributed by atoms with van der Waals surface area (Å²) in [7, 11) is 0. The quantitative estimate of drug-likeness (QED) is 0.514. The summed E-state index contributed by atoms with van der Waals surface area (Å²) in [5, 5.41) is 3.78. The summed E-state index contributed by atoms with van der Waals surface area (Å²) in [6, 6.07) is 13.3. The van der Waals surface area contributed by atoms with Crippen LogP contribution in [0.2, 0.25) is 0 Å². The first-order valence-corrected chi connectivity index (χ1v) is 13.1. The Morgan fingerprint density at radius 2 is 1.83 bits per heavy atom. The number of benzene rings is 2. The molecule has 0 spiro atoms. The average Bonchev–Trinajstić information content (AvgIpc) is 3.44. The molecule has 0 atom stereocenters. The van der Waals surface area contributed by atoms with Crippen molar-refractivity contribution in [2.75, 3.05) is 31.1 Å². The number of halogens is 1. The Labute approximate surface area is 212 Å². The number of hydrogen-bond acceptors (Lipinski definition) is 3. The van der Waals surface area contributed by atoms with Gasteiger partial charge in [0.25, 0.3) is 5.91 Å². The van der Waals surface area contributed by atoms with E-state index in [1.165, 1.54) is 23.3 Å². The minimum absolute atomic E-state index is 0.00980. The van der Waals surface area contributed by atoms with Gasteiger partial charge in [-0.3, -0.25) is 14.5 Å². The van der Waals surface area contributed by atoms with E-state index in [1.54, 1.807) is 11.0 Å². The van der Waals surface area contributed by atoms with Gasteiger partial charge in [0.05, 0.1) is 11.2 Å². The zero-order valence-electron chi connectivity index (χ0n) is 21.2. The van der Waals surface area contributed by atoms with Crippen LogP contribution in [0, 0.1) is 18.7 Å². The summed E-state index contributed by atoms with van der Waals surface area (Å²) in [4.78, 5) is 30.4. The molecule has 0 saturated carbocycles. The van der Waals surface area contributed by atoms with E-state index >= 15 is 0 Å². The molecule has 1 N–H and O–H groups in total. The maximum atomic E-state index is 14.2. The summed E-state index contributed by atoms with van der Waals surface area (Å²) in [6.07, 6.45) is 3.27. The second-order valence-electron chi connectivity index (χ2n) is 10.2. The maximum Gasteiger partial charge on any atom is 0.270 e. The van der Waals surface area contributed by atoms with E-state index in [9.17, 15) is 14.0 Å². The van der Waals surface area contributed by atoms with E-state index in [2.05, 4.69) is 41.4 Å². The smallest absolute Gasteiger partial charge is 0.270 e. The molecule has 2 aliphatic heterocycles. The van der Waals surface area contributed by atoms with Gasteiger partial charge in [-0.1, -0.05) is 29.8 Å². The van der Waals surface area contributed by atoms with Crippen molar-refractivity contribution in [1.82, 2.24) is 14.8 Å². The minimum atomic E-state index is -0.368. The summed E-state index contributed by atoms with van der Waals surface area (Å²) in [6.45, 7) is 8.77. The minimum Gasteiger partial charge on any atom is -0.350 e. The van der Waals surface area contributed by atoms with Gasteiger partial charge >= 0.3 is 0 Å². The molecule has 0 unspecified atom stereocenters. The number of aromatic nitrogens is 1. The molecule has 6 nitrogen and oxygen atoms in total. The monoisotopic (exact) mass is 490 g/mol. The number of carbonyl (C=O) groups excluding carboxylic acids is 2. The molecule has 0 aliphatic carbocycles. The number of nitrogens with one attached hydrogen (secondary N) is 1. The molecule has 2 amide bonds. The lowest BCUT2D eigenvalue weighted by Crippen LogP contribution is -2.39. The Kier molecular flexibility index (Phi) is 7.10. The van der Waals surface area contributed by atoms with Gasteiger partial charge in [0.1, 0.15) is 11.5 Å². The number of carbonyl (C=O) groups is 2. The first kappa shape index (κ1) is 24.5. The van der Waals surface area contributed by atoms with E-state index in [0.717, 1.165) is 44.4 Å². The maximum absolute atomic E-state index is 14.2. The molecule has 3 aromatic rings. The predicted molar refractivity (Wildman–Crippen MR) is 141 cm³/mol. The Morgan fingerprint density at radius 3 is 2.50 bits per heavy atom. The first-order valence-electron chi connectivity index (χ1n) is 13.1. The van der Waals surface area contributed by atoms with Crippen LogP contribution in [0.1, 0.15) is 54.2 Å². The van der Waals surface area contributed by atoms with Crippen molar-refractivity contribution >= 4 is 28.4 Å². The lowest BCUT2D eigenvalue weighted by molar-refractivity contribution is -0.117. The largest absolute Gasteiger partial charge is 0.350 e. The highest BCUT2D eigenvalue weighted by molar-refractivity contribution is 6.14. The molecule has 2 aromatic carbocycles. The lowest BCUT2D eigenvalue weighted by Gasteiger charge is -2.32. The predicted octanol–water partition coefficient (Wildman–Crippen LogP) is 4.88. The molecule has 2 aliphatic rings. The summed E-state index contributed by atoms with van der Waals surface area (Å²) in [5.74, 6) is -0.153. The third-order valence-electron chi connectivity index (χ3n) is 7.66. The number of hydrogen-bond donors (Lipinski definition) is 1. The number of piperidine rings is 1. The second-order valence-corrected chi connectivity index (χ2v) is 10.2. The van der Waals surface area contributed by atoms with E-state index in [4.69, 9.17) is 0 Å². The van der Waals surface area contributed by atoms with Gasteiger partial charge in [0.15, 0.2) is 0 Å². The van der Waals surface area contributed by atoms with Crippen molar-refractivity contribution in [3.8, 4) is 0 Å². The molecular weight excluding hydrogens is 455 g/mol. The highest BCUT2D eigenvalue weighted by Gasteiger charge is 2.32. The number of amides is 2. The van der Waals surface area contributed by atoms with Gasteiger partial charge in [-0.2, -0.15) is 0 Å². The van der Waals surface area contributed by atoms with E-state index < -0.39 is 0 Å². The zero-order chi connectivity index (χ0) is 25.2. The van der Waals surface area contributed by atoms with Crippen LogP contribution in [0.3, 0.4) is 0 Å². The topological polar surface area (TPSA) is 57.6 Å². The van der Waals surface area contributed by atoms with Gasteiger partial charge in [0.2, 0.25) is 5.91 Å². The fraction of sp³-hybridized carbons (Fsp3) is 0.448. The lowest BCUT2D eigenvalue weighted by atomic mass is 9.96. The molecule has 5 rings (SSSR count). The third kappa shape index (κ3) is 4.89. The van der Waals surface area contributed by atoms with Crippen molar-refractivity contribution in [1.29, 1.82) is 0 Å². The van der Waals surface area contributed by atoms with Gasteiger partial charge in [-0.15, -0.1) is 0 Å². The average molecular weight is 491 g/mol. The van der Waals surface area contributed by atoms with Gasteiger partial charge in [0, 0.05) is 38.0 Å². The normalized spacial score (nSPS) is 17.3. The number of rotatable bonds is 7. The number of nitrogens with zero attached hydrogens (tertiary/aromatic N) is 3. The Hall–Kier alpha value is -3.19. The summed E-state index contributed by atoms with van der Waals surface area (Å²) < 4.78 is 16.1. The van der Waals surface area contributed by atoms with E-state index in [1.807, 2.05) is 11.5 Å². The van der Waals surface area contributed by atoms with E-state index in [-0.39, 0.29) is 17.6 Å². The Bertz CT molecular complexity index is 1260. The van der Waals surface area contributed by atoms with Crippen LogP contribution in [0.5, 0.6) is 0 Å². The van der Waals surface area contributed by atoms with Crippen molar-refractivity contribution < 1.29 is 14.0 Å². The number of fused-ring (bicyclic) bond motifs is 1. The molecule has 2 saturated heterocycles.